The van der Waals surface area contributed by atoms with E-state index in [2.05, 4.69) is 22.3 Å². The van der Waals surface area contributed by atoms with E-state index in [0.29, 0.717) is 30.9 Å². The molecule has 0 bridgehead atoms. The SMILES string of the molecule is CC(C)c1cc(NC(=O)CN2CC(CN)CCC2C)on1. The molecule has 2 unspecified atom stereocenters. The quantitative estimate of drug-likeness (QED) is 0.865. The highest BCUT2D eigenvalue weighted by Crippen LogP contribution is 2.21. The number of nitrogens with one attached hydrogen (secondary N) is 1. The van der Waals surface area contributed by atoms with E-state index in [1.54, 1.807) is 6.07 Å². The lowest BCUT2D eigenvalue weighted by Gasteiger charge is -2.37. The molecule has 0 spiro atoms. The molecule has 0 radical (unpaired) electrons. The molecule has 1 aromatic rings. The summed E-state index contributed by atoms with van der Waals surface area (Å²) in [5.41, 5.74) is 6.59. The minimum atomic E-state index is -0.0639. The van der Waals surface area contributed by atoms with Crippen molar-refractivity contribution in [3.05, 3.63) is 11.8 Å². The van der Waals surface area contributed by atoms with Gasteiger partial charge in [0.2, 0.25) is 11.8 Å². The number of nitrogens with two attached hydrogens (primary N) is 1. The Morgan fingerprint density at radius 2 is 2.33 bits per heavy atom. The number of carbonyl (C=O) groups is 1. The molecule has 1 amide bonds. The summed E-state index contributed by atoms with van der Waals surface area (Å²) in [6.45, 7) is 8.17. The Morgan fingerprint density at radius 1 is 1.57 bits per heavy atom. The number of carbonyl (C=O) groups excluding carboxylic acids is 1. The van der Waals surface area contributed by atoms with Crippen LogP contribution in [0.2, 0.25) is 0 Å². The Kier molecular flexibility index (Phi) is 5.36. The topological polar surface area (TPSA) is 84.4 Å². The fourth-order valence-electron chi connectivity index (χ4n) is 2.66. The van der Waals surface area contributed by atoms with Crippen LogP contribution in [0, 0.1) is 5.92 Å². The van der Waals surface area contributed by atoms with Crippen molar-refractivity contribution in [2.45, 2.75) is 45.6 Å². The van der Waals surface area contributed by atoms with Crippen molar-refractivity contribution in [1.82, 2.24) is 10.1 Å². The number of hydrogen-bond acceptors (Lipinski definition) is 5. The van der Waals surface area contributed by atoms with Crippen LogP contribution in [0.3, 0.4) is 0 Å². The minimum absolute atomic E-state index is 0.0639. The molecular weight excluding hydrogens is 268 g/mol. The second-order valence-electron chi connectivity index (χ2n) is 6.28. The summed E-state index contributed by atoms with van der Waals surface area (Å²) in [6.07, 6.45) is 2.24. The number of hydrogen-bond donors (Lipinski definition) is 2. The molecule has 1 aliphatic heterocycles. The van der Waals surface area contributed by atoms with E-state index in [4.69, 9.17) is 10.3 Å². The van der Waals surface area contributed by atoms with Gasteiger partial charge in [-0.25, -0.2) is 0 Å². The zero-order valence-electron chi connectivity index (χ0n) is 13.1. The first-order valence-electron chi connectivity index (χ1n) is 7.70. The molecule has 0 aliphatic carbocycles. The van der Waals surface area contributed by atoms with Crippen LogP contribution >= 0.6 is 0 Å². The van der Waals surface area contributed by atoms with Crippen LogP contribution in [0.1, 0.15) is 45.2 Å². The molecule has 1 aliphatic rings. The number of amides is 1. The van der Waals surface area contributed by atoms with Crippen molar-refractivity contribution in [1.29, 1.82) is 0 Å². The van der Waals surface area contributed by atoms with Crippen LogP contribution in [-0.2, 0) is 4.79 Å². The molecule has 0 saturated carbocycles. The smallest absolute Gasteiger partial charge is 0.240 e. The summed E-state index contributed by atoms with van der Waals surface area (Å²) in [7, 11) is 0. The molecule has 2 heterocycles. The fourth-order valence-corrected chi connectivity index (χ4v) is 2.66. The minimum Gasteiger partial charge on any atom is -0.338 e. The van der Waals surface area contributed by atoms with Gasteiger partial charge in [0, 0.05) is 18.7 Å². The van der Waals surface area contributed by atoms with Gasteiger partial charge in [-0.05, 0) is 38.1 Å². The van der Waals surface area contributed by atoms with Crippen molar-refractivity contribution in [3.8, 4) is 0 Å². The monoisotopic (exact) mass is 294 g/mol. The predicted molar refractivity (Wildman–Crippen MR) is 82.0 cm³/mol. The van der Waals surface area contributed by atoms with Crippen LogP contribution in [0.5, 0.6) is 0 Å². The van der Waals surface area contributed by atoms with Gasteiger partial charge in [0.25, 0.3) is 0 Å². The van der Waals surface area contributed by atoms with Crippen molar-refractivity contribution < 1.29 is 9.32 Å². The number of piperidine rings is 1. The Bertz CT molecular complexity index is 472. The molecule has 2 rings (SSSR count). The Balaban J connectivity index is 1.88. The van der Waals surface area contributed by atoms with E-state index < -0.39 is 0 Å². The number of aromatic nitrogens is 1. The lowest BCUT2D eigenvalue weighted by molar-refractivity contribution is -0.118. The number of rotatable bonds is 5. The second kappa shape index (κ2) is 7.04. The van der Waals surface area contributed by atoms with E-state index in [-0.39, 0.29) is 11.8 Å². The van der Waals surface area contributed by atoms with Gasteiger partial charge in [-0.15, -0.1) is 0 Å². The average Bonchev–Trinajstić information content (AvgIpc) is 2.90. The highest BCUT2D eigenvalue weighted by atomic mass is 16.5. The second-order valence-corrected chi connectivity index (χ2v) is 6.28. The van der Waals surface area contributed by atoms with Gasteiger partial charge < -0.3 is 10.3 Å². The molecule has 1 fully saturated rings. The zero-order valence-corrected chi connectivity index (χ0v) is 13.1. The summed E-state index contributed by atoms with van der Waals surface area (Å²) in [5, 5.41) is 6.71. The molecule has 118 valence electrons. The zero-order chi connectivity index (χ0) is 15.4. The number of nitrogens with zero attached hydrogens (tertiary/aromatic N) is 2. The number of likely N-dealkylation sites (tertiary alicyclic amines) is 1. The van der Waals surface area contributed by atoms with Crippen molar-refractivity contribution in [2.75, 3.05) is 25.0 Å². The van der Waals surface area contributed by atoms with Gasteiger partial charge in [0.1, 0.15) is 0 Å². The van der Waals surface area contributed by atoms with Gasteiger partial charge >= 0.3 is 0 Å². The van der Waals surface area contributed by atoms with Gasteiger partial charge in [-0.3, -0.25) is 15.0 Å². The summed E-state index contributed by atoms with van der Waals surface area (Å²) >= 11 is 0. The van der Waals surface area contributed by atoms with Crippen molar-refractivity contribution >= 4 is 11.8 Å². The molecule has 3 N–H and O–H groups in total. The van der Waals surface area contributed by atoms with Crippen LogP contribution in [0.25, 0.3) is 0 Å². The molecule has 1 saturated heterocycles. The van der Waals surface area contributed by atoms with E-state index >= 15 is 0 Å². The third-order valence-electron chi connectivity index (χ3n) is 4.17. The van der Waals surface area contributed by atoms with Gasteiger partial charge in [0.15, 0.2) is 0 Å². The molecule has 6 heteroatoms. The van der Waals surface area contributed by atoms with Crippen LogP contribution in [-0.4, -0.2) is 41.6 Å². The summed E-state index contributed by atoms with van der Waals surface area (Å²) in [5.74, 6) is 1.13. The normalized spacial score (nSPS) is 23.5. The summed E-state index contributed by atoms with van der Waals surface area (Å²) in [4.78, 5) is 14.3. The Labute approximate surface area is 126 Å². The van der Waals surface area contributed by atoms with Crippen LogP contribution < -0.4 is 11.1 Å². The fraction of sp³-hybridized carbons (Fsp3) is 0.733. The van der Waals surface area contributed by atoms with Crippen molar-refractivity contribution in [3.63, 3.8) is 0 Å². The van der Waals surface area contributed by atoms with E-state index in [1.807, 2.05) is 13.8 Å². The third-order valence-corrected chi connectivity index (χ3v) is 4.17. The van der Waals surface area contributed by atoms with Gasteiger partial charge in [0.05, 0.1) is 12.2 Å². The lowest BCUT2D eigenvalue weighted by atomic mass is 9.93. The van der Waals surface area contributed by atoms with E-state index in [0.717, 1.165) is 25.1 Å². The lowest BCUT2D eigenvalue weighted by Crippen LogP contribution is -2.47. The van der Waals surface area contributed by atoms with E-state index in [1.165, 1.54) is 0 Å². The first-order chi connectivity index (χ1) is 9.99. The van der Waals surface area contributed by atoms with Crippen molar-refractivity contribution in [2.24, 2.45) is 11.7 Å². The molecule has 6 nitrogen and oxygen atoms in total. The largest absolute Gasteiger partial charge is 0.338 e. The maximum atomic E-state index is 12.1. The Morgan fingerprint density at radius 3 is 2.95 bits per heavy atom. The third kappa shape index (κ3) is 4.28. The molecule has 2 atom stereocenters. The molecule has 21 heavy (non-hydrogen) atoms. The highest BCUT2D eigenvalue weighted by molar-refractivity contribution is 5.91. The predicted octanol–water partition coefficient (Wildman–Crippen LogP) is 1.80. The van der Waals surface area contributed by atoms with E-state index in [9.17, 15) is 4.79 Å². The summed E-state index contributed by atoms with van der Waals surface area (Å²) in [6, 6.07) is 2.20. The average molecular weight is 294 g/mol. The maximum absolute atomic E-state index is 12.1. The maximum Gasteiger partial charge on any atom is 0.240 e. The Hall–Kier alpha value is -1.40. The van der Waals surface area contributed by atoms with Crippen LogP contribution in [0.15, 0.2) is 10.6 Å². The first-order valence-corrected chi connectivity index (χ1v) is 7.70. The number of anilines is 1. The standard InChI is InChI=1S/C15H26N4O2/c1-10(2)13-6-15(21-18-13)17-14(20)9-19-8-12(7-16)5-4-11(19)3/h6,10-12H,4-5,7-9,16H2,1-3H3,(H,17,20). The van der Waals surface area contributed by atoms with Gasteiger partial charge in [-0.1, -0.05) is 19.0 Å². The molecular formula is C15H26N4O2. The molecule has 0 aromatic carbocycles. The summed E-state index contributed by atoms with van der Waals surface area (Å²) < 4.78 is 5.13. The molecule has 1 aromatic heterocycles. The van der Waals surface area contributed by atoms with Crippen LogP contribution in [0.4, 0.5) is 5.88 Å². The first kappa shape index (κ1) is 16.0. The highest BCUT2D eigenvalue weighted by Gasteiger charge is 2.26. The van der Waals surface area contributed by atoms with Gasteiger partial charge in [-0.2, -0.15) is 0 Å².